The van der Waals surface area contributed by atoms with Gasteiger partial charge in [-0.05, 0) is 73.2 Å². The number of thiophene rings is 1. The number of carbonyl (C=O) groups excluding carboxylic acids is 3. The molecule has 0 saturated heterocycles. The van der Waals surface area contributed by atoms with E-state index >= 15 is 0 Å². The summed E-state index contributed by atoms with van der Waals surface area (Å²) >= 11 is 1.62. The number of aryl methyl sites for hydroxylation is 1. The lowest BCUT2D eigenvalue weighted by molar-refractivity contribution is 0.0922. The molecule has 0 saturated carbocycles. The zero-order chi connectivity index (χ0) is 22.1. The van der Waals surface area contributed by atoms with E-state index in [1.54, 1.807) is 35.6 Å². The Balaban J connectivity index is 1.54. The first-order valence-corrected chi connectivity index (χ1v) is 10.9. The van der Waals surface area contributed by atoms with Gasteiger partial charge in [0, 0.05) is 12.1 Å². The molecule has 0 fully saturated rings. The Morgan fingerprint density at radius 1 is 1.06 bits per heavy atom. The average molecular weight is 434 g/mol. The highest BCUT2D eigenvalue weighted by molar-refractivity contribution is 7.08. The predicted molar refractivity (Wildman–Crippen MR) is 122 cm³/mol. The number of benzene rings is 2. The molecular formula is C24H23N3O3S. The van der Waals surface area contributed by atoms with Crippen LogP contribution in [-0.2, 0) is 0 Å². The van der Waals surface area contributed by atoms with E-state index in [4.69, 9.17) is 0 Å². The lowest BCUT2D eigenvalue weighted by atomic mass is 10.0. The molecule has 7 heteroatoms. The van der Waals surface area contributed by atoms with Crippen molar-refractivity contribution in [2.75, 3.05) is 25.5 Å². The topological polar surface area (TPSA) is 69.7 Å². The van der Waals surface area contributed by atoms with Crippen LogP contribution in [-0.4, -0.2) is 43.3 Å². The van der Waals surface area contributed by atoms with E-state index in [0.29, 0.717) is 23.4 Å². The van der Waals surface area contributed by atoms with Gasteiger partial charge in [-0.1, -0.05) is 18.2 Å². The number of likely N-dealkylation sites (N-methyl/N-ethyl adjacent to an activating group) is 1. The van der Waals surface area contributed by atoms with E-state index in [-0.39, 0.29) is 23.4 Å². The molecule has 0 bridgehead atoms. The molecule has 0 spiro atoms. The SMILES string of the molecule is Cc1ccccc1N1C(=O)c2ccc(C(=O)NCC(c3ccsc3)N(C)C)cc2C1=O. The largest absolute Gasteiger partial charge is 0.350 e. The number of fused-ring (bicyclic) bond motifs is 1. The maximum Gasteiger partial charge on any atom is 0.266 e. The number of anilines is 1. The number of amides is 3. The molecule has 2 aromatic carbocycles. The average Bonchev–Trinajstić information content (AvgIpc) is 3.36. The van der Waals surface area contributed by atoms with Crippen LogP contribution in [0.1, 0.15) is 48.2 Å². The molecule has 1 aromatic heterocycles. The molecule has 1 atom stereocenters. The summed E-state index contributed by atoms with van der Waals surface area (Å²) in [6.45, 7) is 2.29. The predicted octanol–water partition coefficient (Wildman–Crippen LogP) is 3.89. The first-order valence-electron chi connectivity index (χ1n) is 9.93. The molecule has 4 rings (SSSR count). The lowest BCUT2D eigenvalue weighted by Crippen LogP contribution is -2.34. The Morgan fingerprint density at radius 2 is 1.81 bits per heavy atom. The van der Waals surface area contributed by atoms with Gasteiger partial charge in [0.05, 0.1) is 22.9 Å². The van der Waals surface area contributed by atoms with Gasteiger partial charge in [0.1, 0.15) is 0 Å². The summed E-state index contributed by atoms with van der Waals surface area (Å²) in [5.41, 5.74) is 3.45. The number of nitrogens with one attached hydrogen (secondary N) is 1. The van der Waals surface area contributed by atoms with Crippen LogP contribution >= 0.6 is 11.3 Å². The summed E-state index contributed by atoms with van der Waals surface area (Å²) in [5, 5.41) is 7.03. The number of hydrogen-bond donors (Lipinski definition) is 1. The second-order valence-corrected chi connectivity index (χ2v) is 8.52. The van der Waals surface area contributed by atoms with Crippen LogP contribution in [0, 0.1) is 6.92 Å². The second-order valence-electron chi connectivity index (χ2n) is 7.74. The van der Waals surface area contributed by atoms with Crippen LogP contribution in [0.25, 0.3) is 0 Å². The van der Waals surface area contributed by atoms with Crippen molar-refractivity contribution in [2.45, 2.75) is 13.0 Å². The molecule has 158 valence electrons. The molecule has 31 heavy (non-hydrogen) atoms. The molecule has 1 aliphatic rings. The van der Waals surface area contributed by atoms with Crippen molar-refractivity contribution < 1.29 is 14.4 Å². The normalized spacial score (nSPS) is 14.1. The van der Waals surface area contributed by atoms with Crippen molar-refractivity contribution in [3.8, 4) is 0 Å². The van der Waals surface area contributed by atoms with E-state index in [1.165, 1.54) is 11.0 Å². The van der Waals surface area contributed by atoms with Crippen LogP contribution in [0.4, 0.5) is 5.69 Å². The van der Waals surface area contributed by atoms with E-state index in [1.807, 2.05) is 49.5 Å². The zero-order valence-corrected chi connectivity index (χ0v) is 18.4. The van der Waals surface area contributed by atoms with Crippen molar-refractivity contribution in [3.05, 3.63) is 87.1 Å². The Bertz CT molecular complexity index is 1150. The van der Waals surface area contributed by atoms with Crippen LogP contribution in [0.5, 0.6) is 0 Å². The number of rotatable bonds is 6. The Hall–Kier alpha value is -3.29. The molecule has 1 aliphatic heterocycles. The van der Waals surface area contributed by atoms with E-state index in [0.717, 1.165) is 11.1 Å². The zero-order valence-electron chi connectivity index (χ0n) is 17.6. The van der Waals surface area contributed by atoms with Crippen LogP contribution in [0.2, 0.25) is 0 Å². The number of imide groups is 1. The van der Waals surface area contributed by atoms with Gasteiger partial charge in [0.25, 0.3) is 17.7 Å². The van der Waals surface area contributed by atoms with Gasteiger partial charge in [0.2, 0.25) is 0 Å². The summed E-state index contributed by atoms with van der Waals surface area (Å²) in [5.74, 6) is -1.06. The number of para-hydroxylation sites is 1. The van der Waals surface area contributed by atoms with E-state index in [9.17, 15) is 14.4 Å². The monoisotopic (exact) mass is 433 g/mol. The standard InChI is InChI=1S/C24H23N3O3S/c1-15-6-4-5-7-20(15)27-23(29)18-9-8-16(12-19(18)24(27)30)22(28)25-13-21(26(2)3)17-10-11-31-14-17/h4-12,14,21H,13H2,1-3H3,(H,25,28). The third-order valence-corrected chi connectivity index (χ3v) is 6.21. The molecule has 1 unspecified atom stereocenters. The van der Waals surface area contributed by atoms with Crippen molar-refractivity contribution in [1.82, 2.24) is 10.2 Å². The van der Waals surface area contributed by atoms with Crippen molar-refractivity contribution in [2.24, 2.45) is 0 Å². The smallest absolute Gasteiger partial charge is 0.266 e. The van der Waals surface area contributed by atoms with Gasteiger partial charge < -0.3 is 10.2 Å². The van der Waals surface area contributed by atoms with E-state index in [2.05, 4.69) is 10.7 Å². The number of carbonyl (C=O) groups is 3. The maximum absolute atomic E-state index is 13.0. The summed E-state index contributed by atoms with van der Waals surface area (Å²) in [6.07, 6.45) is 0. The molecule has 6 nitrogen and oxygen atoms in total. The minimum atomic E-state index is -0.409. The molecule has 3 amide bonds. The van der Waals surface area contributed by atoms with Gasteiger partial charge in [-0.25, -0.2) is 4.90 Å². The fourth-order valence-corrected chi connectivity index (χ4v) is 4.48. The van der Waals surface area contributed by atoms with Gasteiger partial charge in [-0.3, -0.25) is 14.4 Å². The third kappa shape index (κ3) is 3.89. The molecule has 2 heterocycles. The van der Waals surface area contributed by atoms with Gasteiger partial charge in [0.15, 0.2) is 0 Å². The summed E-state index contributed by atoms with van der Waals surface area (Å²) in [6, 6.07) is 14.0. The minimum Gasteiger partial charge on any atom is -0.350 e. The molecule has 3 aromatic rings. The fourth-order valence-electron chi connectivity index (χ4n) is 3.77. The highest BCUT2D eigenvalue weighted by atomic mass is 32.1. The lowest BCUT2D eigenvalue weighted by Gasteiger charge is -2.24. The number of hydrogen-bond acceptors (Lipinski definition) is 5. The third-order valence-electron chi connectivity index (χ3n) is 5.51. The van der Waals surface area contributed by atoms with E-state index < -0.39 is 5.91 Å². The first kappa shape index (κ1) is 21.0. The molecule has 0 aliphatic carbocycles. The first-order chi connectivity index (χ1) is 14.9. The van der Waals surface area contributed by atoms with Crippen LogP contribution in [0.3, 0.4) is 0 Å². The van der Waals surface area contributed by atoms with Gasteiger partial charge >= 0.3 is 0 Å². The number of nitrogens with zero attached hydrogens (tertiary/aromatic N) is 2. The van der Waals surface area contributed by atoms with Crippen LogP contribution < -0.4 is 10.2 Å². The summed E-state index contributed by atoms with van der Waals surface area (Å²) < 4.78 is 0. The minimum absolute atomic E-state index is 0.0457. The molecule has 0 radical (unpaired) electrons. The fraction of sp³-hybridized carbons (Fsp3) is 0.208. The van der Waals surface area contributed by atoms with Gasteiger partial charge in [-0.15, -0.1) is 0 Å². The Kier molecular flexibility index (Phi) is 5.71. The highest BCUT2D eigenvalue weighted by Crippen LogP contribution is 2.31. The second kappa shape index (κ2) is 8.45. The Labute approximate surface area is 185 Å². The maximum atomic E-state index is 13.0. The summed E-state index contributed by atoms with van der Waals surface area (Å²) in [7, 11) is 3.93. The van der Waals surface area contributed by atoms with Crippen molar-refractivity contribution >= 4 is 34.7 Å². The highest BCUT2D eigenvalue weighted by Gasteiger charge is 2.37. The molecular weight excluding hydrogens is 410 g/mol. The quantitative estimate of drug-likeness (QED) is 0.599. The Morgan fingerprint density at radius 3 is 2.48 bits per heavy atom. The van der Waals surface area contributed by atoms with Crippen LogP contribution in [0.15, 0.2) is 59.3 Å². The summed E-state index contributed by atoms with van der Waals surface area (Å²) in [4.78, 5) is 41.9. The van der Waals surface area contributed by atoms with Crippen molar-refractivity contribution in [3.63, 3.8) is 0 Å². The van der Waals surface area contributed by atoms with Gasteiger partial charge in [-0.2, -0.15) is 11.3 Å². The van der Waals surface area contributed by atoms with Crippen molar-refractivity contribution in [1.29, 1.82) is 0 Å². The molecule has 1 N–H and O–H groups in total.